The van der Waals surface area contributed by atoms with Gasteiger partial charge in [0.05, 0.1) is 19.8 Å². The zero-order valence-corrected chi connectivity index (χ0v) is 8.33. The average molecular weight is 196 g/mol. The molecule has 1 aromatic carbocycles. The normalized spacial score (nSPS) is 9.64. The zero-order chi connectivity index (χ0) is 10.7. The fourth-order valence-corrected chi connectivity index (χ4v) is 1.27. The molecule has 0 bridgehead atoms. The van der Waals surface area contributed by atoms with Gasteiger partial charge in [0.2, 0.25) is 0 Å². The fourth-order valence-electron chi connectivity index (χ4n) is 1.27. The van der Waals surface area contributed by atoms with Gasteiger partial charge in [-0.3, -0.25) is 0 Å². The summed E-state index contributed by atoms with van der Waals surface area (Å²) in [5.41, 5.74) is 0.960. The lowest BCUT2D eigenvalue weighted by Gasteiger charge is -2.10. The van der Waals surface area contributed by atoms with Crippen molar-refractivity contribution in [3.8, 4) is 11.5 Å². The predicted molar refractivity (Wildman–Crippen MR) is 50.7 cm³/mol. The largest absolute Gasteiger partial charge is 0.504 e. The molecule has 4 heteroatoms. The number of benzene rings is 1. The smallest absolute Gasteiger partial charge is 0.338 e. The van der Waals surface area contributed by atoms with Gasteiger partial charge >= 0.3 is 5.97 Å². The van der Waals surface area contributed by atoms with Crippen LogP contribution in [0.5, 0.6) is 11.5 Å². The number of phenolic OH excluding ortho intramolecular Hbond substituents is 1. The first kappa shape index (κ1) is 10.4. The second kappa shape index (κ2) is 4.00. The number of methoxy groups -OCH3 is 2. The van der Waals surface area contributed by atoms with Crippen molar-refractivity contribution in [2.45, 2.75) is 6.92 Å². The van der Waals surface area contributed by atoms with Crippen molar-refractivity contribution < 1.29 is 19.4 Å². The minimum Gasteiger partial charge on any atom is -0.504 e. The second-order valence-electron chi connectivity index (χ2n) is 2.78. The standard InChI is InChI=1S/C10H12O4/c1-6-7(10(12)14-3)4-5-8(11)9(6)13-2/h4-5,11H,1-3H3. The molecule has 0 fully saturated rings. The number of hydrogen-bond acceptors (Lipinski definition) is 4. The van der Waals surface area contributed by atoms with Crippen LogP contribution in [0.15, 0.2) is 12.1 Å². The van der Waals surface area contributed by atoms with Crippen LogP contribution < -0.4 is 4.74 Å². The molecule has 0 aliphatic carbocycles. The Bertz CT molecular complexity index is 357. The Morgan fingerprint density at radius 1 is 1.36 bits per heavy atom. The van der Waals surface area contributed by atoms with Crippen LogP contribution in [-0.2, 0) is 4.74 Å². The number of aromatic hydroxyl groups is 1. The van der Waals surface area contributed by atoms with Crippen molar-refractivity contribution in [2.24, 2.45) is 0 Å². The Kier molecular flexibility index (Phi) is 2.96. The van der Waals surface area contributed by atoms with Crippen LogP contribution in [0, 0.1) is 6.92 Å². The molecule has 0 spiro atoms. The van der Waals surface area contributed by atoms with Gasteiger partial charge in [-0.25, -0.2) is 4.79 Å². The maximum Gasteiger partial charge on any atom is 0.338 e. The molecule has 1 aromatic rings. The van der Waals surface area contributed by atoms with Crippen LogP contribution in [0.25, 0.3) is 0 Å². The molecule has 14 heavy (non-hydrogen) atoms. The molecule has 0 saturated carbocycles. The lowest BCUT2D eigenvalue weighted by Crippen LogP contribution is -2.04. The van der Waals surface area contributed by atoms with Gasteiger partial charge in [-0.15, -0.1) is 0 Å². The molecule has 0 atom stereocenters. The third-order valence-electron chi connectivity index (χ3n) is 1.99. The molecule has 76 valence electrons. The summed E-state index contributed by atoms with van der Waals surface area (Å²) in [6, 6.07) is 2.90. The summed E-state index contributed by atoms with van der Waals surface area (Å²) in [6.45, 7) is 1.69. The third kappa shape index (κ3) is 1.64. The highest BCUT2D eigenvalue weighted by atomic mass is 16.5. The molecule has 0 unspecified atom stereocenters. The zero-order valence-electron chi connectivity index (χ0n) is 8.33. The molecule has 0 aliphatic heterocycles. The van der Waals surface area contributed by atoms with Gasteiger partial charge in [-0.05, 0) is 19.1 Å². The number of esters is 1. The maximum absolute atomic E-state index is 11.3. The first-order valence-electron chi connectivity index (χ1n) is 4.06. The van der Waals surface area contributed by atoms with E-state index in [1.807, 2.05) is 0 Å². The number of hydrogen-bond donors (Lipinski definition) is 1. The molecule has 0 saturated heterocycles. The van der Waals surface area contributed by atoms with E-state index < -0.39 is 5.97 Å². The quantitative estimate of drug-likeness (QED) is 0.728. The van der Waals surface area contributed by atoms with E-state index in [1.54, 1.807) is 6.92 Å². The maximum atomic E-state index is 11.3. The number of carbonyl (C=O) groups excluding carboxylic acids is 1. The molecule has 0 radical (unpaired) electrons. The van der Waals surface area contributed by atoms with Crippen LogP contribution >= 0.6 is 0 Å². The van der Waals surface area contributed by atoms with E-state index in [0.29, 0.717) is 16.9 Å². The third-order valence-corrected chi connectivity index (χ3v) is 1.99. The van der Waals surface area contributed by atoms with E-state index in [-0.39, 0.29) is 5.75 Å². The number of rotatable bonds is 2. The summed E-state index contributed by atoms with van der Waals surface area (Å²) in [4.78, 5) is 11.3. The lowest BCUT2D eigenvalue weighted by atomic mass is 10.1. The van der Waals surface area contributed by atoms with E-state index in [2.05, 4.69) is 4.74 Å². The van der Waals surface area contributed by atoms with Gasteiger partial charge < -0.3 is 14.6 Å². The highest BCUT2D eigenvalue weighted by Gasteiger charge is 2.15. The summed E-state index contributed by atoms with van der Waals surface area (Å²) >= 11 is 0. The molecule has 0 heterocycles. The van der Waals surface area contributed by atoms with E-state index in [4.69, 9.17) is 4.74 Å². The SMILES string of the molecule is COC(=O)c1ccc(O)c(OC)c1C. The first-order valence-corrected chi connectivity index (χ1v) is 4.06. The number of phenols is 1. The number of ether oxygens (including phenoxy) is 2. The highest BCUT2D eigenvalue weighted by Crippen LogP contribution is 2.31. The van der Waals surface area contributed by atoms with E-state index in [9.17, 15) is 9.90 Å². The van der Waals surface area contributed by atoms with Crippen LogP contribution in [-0.4, -0.2) is 25.3 Å². The van der Waals surface area contributed by atoms with Gasteiger partial charge in [-0.1, -0.05) is 0 Å². The van der Waals surface area contributed by atoms with Crippen molar-refractivity contribution in [2.75, 3.05) is 14.2 Å². The molecular weight excluding hydrogens is 184 g/mol. The molecule has 1 rings (SSSR count). The highest BCUT2D eigenvalue weighted by molar-refractivity contribution is 5.92. The van der Waals surface area contributed by atoms with Gasteiger partial charge in [0.25, 0.3) is 0 Å². The van der Waals surface area contributed by atoms with Crippen molar-refractivity contribution >= 4 is 5.97 Å². The van der Waals surface area contributed by atoms with Crippen molar-refractivity contribution in [1.82, 2.24) is 0 Å². The molecule has 4 nitrogen and oxygen atoms in total. The molecule has 0 aliphatic rings. The van der Waals surface area contributed by atoms with Crippen LogP contribution in [0.1, 0.15) is 15.9 Å². The average Bonchev–Trinajstić information content (AvgIpc) is 2.18. The Morgan fingerprint density at radius 2 is 2.00 bits per heavy atom. The van der Waals surface area contributed by atoms with Crippen LogP contribution in [0.3, 0.4) is 0 Å². The second-order valence-corrected chi connectivity index (χ2v) is 2.78. The summed E-state index contributed by atoms with van der Waals surface area (Å²) in [5, 5.41) is 9.39. The lowest BCUT2D eigenvalue weighted by molar-refractivity contribution is 0.0599. The summed E-state index contributed by atoms with van der Waals surface area (Å²) in [6.07, 6.45) is 0. The van der Waals surface area contributed by atoms with Gasteiger partial charge in [-0.2, -0.15) is 0 Å². The topological polar surface area (TPSA) is 55.8 Å². The minimum atomic E-state index is -0.444. The van der Waals surface area contributed by atoms with Gasteiger partial charge in [0, 0.05) is 5.56 Å². The van der Waals surface area contributed by atoms with Crippen LogP contribution in [0.4, 0.5) is 0 Å². The van der Waals surface area contributed by atoms with Gasteiger partial charge in [0.15, 0.2) is 11.5 Å². The summed E-state index contributed by atoms with van der Waals surface area (Å²) in [5.74, 6) is -0.133. The van der Waals surface area contributed by atoms with E-state index in [1.165, 1.54) is 26.4 Å². The van der Waals surface area contributed by atoms with Gasteiger partial charge in [0.1, 0.15) is 0 Å². The van der Waals surface area contributed by atoms with E-state index >= 15 is 0 Å². The minimum absolute atomic E-state index is 0.0117. The molecular formula is C10H12O4. The van der Waals surface area contributed by atoms with Crippen molar-refractivity contribution in [3.05, 3.63) is 23.3 Å². The number of carbonyl (C=O) groups is 1. The molecule has 0 aromatic heterocycles. The summed E-state index contributed by atoms with van der Waals surface area (Å²) in [7, 11) is 2.74. The van der Waals surface area contributed by atoms with Crippen molar-refractivity contribution in [3.63, 3.8) is 0 Å². The first-order chi connectivity index (χ1) is 6.61. The van der Waals surface area contributed by atoms with Crippen molar-refractivity contribution in [1.29, 1.82) is 0 Å². The Morgan fingerprint density at radius 3 is 2.50 bits per heavy atom. The Balaban J connectivity index is 3.28. The summed E-state index contributed by atoms with van der Waals surface area (Å²) < 4.78 is 9.53. The van der Waals surface area contributed by atoms with Crippen LogP contribution in [0.2, 0.25) is 0 Å². The monoisotopic (exact) mass is 196 g/mol. The molecule has 0 amide bonds. The van der Waals surface area contributed by atoms with E-state index in [0.717, 1.165) is 0 Å². The Hall–Kier alpha value is -1.71. The Labute approximate surface area is 82.1 Å². The molecule has 1 N–H and O–H groups in total. The fraction of sp³-hybridized carbons (Fsp3) is 0.300. The predicted octanol–water partition coefficient (Wildman–Crippen LogP) is 1.50.